The van der Waals surface area contributed by atoms with Gasteiger partial charge in [0, 0.05) is 18.6 Å². The quantitative estimate of drug-likeness (QED) is 0.865. The maximum Gasteiger partial charge on any atom is 0.141 e. The molecule has 0 spiro atoms. The molecule has 1 aliphatic carbocycles. The first-order valence-corrected chi connectivity index (χ1v) is 7.93. The summed E-state index contributed by atoms with van der Waals surface area (Å²) in [7, 11) is 2.19. The van der Waals surface area contributed by atoms with Crippen molar-refractivity contribution >= 4 is 0 Å². The number of nitrogens with two attached hydrogens (primary N) is 1. The maximum atomic E-state index is 6.14. The van der Waals surface area contributed by atoms with Crippen LogP contribution in [0.1, 0.15) is 51.8 Å². The fourth-order valence-electron chi connectivity index (χ4n) is 3.42. The molecule has 1 aromatic heterocycles. The molecule has 1 fully saturated rings. The van der Waals surface area contributed by atoms with Gasteiger partial charge in [0.1, 0.15) is 12.2 Å². The fraction of sp³-hybridized carbons (Fsp3) is 0.867. The summed E-state index contributed by atoms with van der Waals surface area (Å²) in [6, 6.07) is 0. The average Bonchev–Trinajstić information content (AvgIpc) is 2.94. The van der Waals surface area contributed by atoms with E-state index >= 15 is 0 Å². The summed E-state index contributed by atoms with van der Waals surface area (Å²) in [6.07, 6.45) is 7.97. The number of aromatic nitrogens is 3. The molecule has 0 bridgehead atoms. The zero-order valence-corrected chi connectivity index (χ0v) is 13.2. The van der Waals surface area contributed by atoms with E-state index in [1.54, 1.807) is 6.33 Å². The second-order valence-electron chi connectivity index (χ2n) is 6.13. The van der Waals surface area contributed by atoms with E-state index in [2.05, 4.69) is 35.9 Å². The van der Waals surface area contributed by atoms with Gasteiger partial charge in [-0.3, -0.25) is 4.90 Å². The molecule has 1 aliphatic rings. The van der Waals surface area contributed by atoms with Crippen molar-refractivity contribution < 1.29 is 0 Å². The third-order valence-corrected chi connectivity index (χ3v) is 5.18. The van der Waals surface area contributed by atoms with Crippen LogP contribution in [0.2, 0.25) is 0 Å². The molecular formula is C15H29N5. The van der Waals surface area contributed by atoms with Crippen LogP contribution in [0, 0.1) is 5.92 Å². The van der Waals surface area contributed by atoms with Gasteiger partial charge < -0.3 is 5.73 Å². The Labute approximate surface area is 122 Å². The molecule has 114 valence electrons. The molecule has 0 atom stereocenters. The van der Waals surface area contributed by atoms with Gasteiger partial charge in [-0.15, -0.1) is 0 Å². The van der Waals surface area contributed by atoms with Crippen molar-refractivity contribution in [2.45, 2.75) is 64.6 Å². The van der Waals surface area contributed by atoms with Crippen LogP contribution in [0.15, 0.2) is 6.33 Å². The highest BCUT2D eigenvalue weighted by Crippen LogP contribution is 2.37. The molecule has 0 saturated heterocycles. The van der Waals surface area contributed by atoms with Crippen molar-refractivity contribution in [3.05, 3.63) is 12.2 Å². The highest BCUT2D eigenvalue weighted by Gasteiger charge is 2.37. The van der Waals surface area contributed by atoms with E-state index in [4.69, 9.17) is 5.73 Å². The van der Waals surface area contributed by atoms with Crippen molar-refractivity contribution in [2.75, 3.05) is 13.6 Å². The van der Waals surface area contributed by atoms with Crippen LogP contribution in [0.5, 0.6) is 0 Å². The van der Waals surface area contributed by atoms with E-state index < -0.39 is 0 Å². The first-order valence-electron chi connectivity index (χ1n) is 7.93. The van der Waals surface area contributed by atoms with E-state index in [-0.39, 0.29) is 5.54 Å². The molecule has 5 heteroatoms. The lowest BCUT2D eigenvalue weighted by Crippen LogP contribution is -2.53. The first kappa shape index (κ1) is 15.4. The van der Waals surface area contributed by atoms with Crippen LogP contribution < -0.4 is 5.73 Å². The topological polar surface area (TPSA) is 60.0 Å². The lowest BCUT2D eigenvalue weighted by atomic mass is 9.74. The van der Waals surface area contributed by atoms with Gasteiger partial charge in [-0.1, -0.05) is 13.3 Å². The van der Waals surface area contributed by atoms with Crippen molar-refractivity contribution in [1.29, 1.82) is 0 Å². The fourth-order valence-corrected chi connectivity index (χ4v) is 3.42. The summed E-state index contributed by atoms with van der Waals surface area (Å²) in [6.45, 7) is 6.84. The predicted octanol–water partition coefficient (Wildman–Crippen LogP) is 2.03. The third kappa shape index (κ3) is 3.04. The normalized spacial score (nSPS) is 27.1. The second-order valence-corrected chi connectivity index (χ2v) is 6.13. The van der Waals surface area contributed by atoms with Gasteiger partial charge in [0.15, 0.2) is 0 Å². The van der Waals surface area contributed by atoms with E-state index in [0.717, 1.165) is 31.4 Å². The summed E-state index contributed by atoms with van der Waals surface area (Å²) < 4.78 is 1.97. The number of rotatable bonds is 6. The lowest BCUT2D eigenvalue weighted by molar-refractivity contribution is 0.0549. The zero-order chi connectivity index (χ0) is 14.6. The Morgan fingerprint density at radius 1 is 1.40 bits per heavy atom. The van der Waals surface area contributed by atoms with E-state index in [1.165, 1.54) is 32.1 Å². The molecule has 0 unspecified atom stereocenters. The molecule has 2 N–H and O–H groups in total. The van der Waals surface area contributed by atoms with Crippen LogP contribution in [-0.4, -0.2) is 38.8 Å². The monoisotopic (exact) mass is 279 g/mol. The van der Waals surface area contributed by atoms with Crippen molar-refractivity contribution in [3.8, 4) is 0 Å². The van der Waals surface area contributed by atoms with Gasteiger partial charge in [-0.25, -0.2) is 9.67 Å². The Morgan fingerprint density at radius 3 is 2.65 bits per heavy atom. The SMILES string of the molecule is CCC1CCC(CN)(N(C)Cc2ncnn2CC)CC1. The molecule has 1 heterocycles. The number of hydrogen-bond acceptors (Lipinski definition) is 4. The number of likely N-dealkylation sites (N-methyl/N-ethyl adjacent to an activating group) is 1. The molecule has 0 aliphatic heterocycles. The van der Waals surface area contributed by atoms with Gasteiger partial charge in [0.2, 0.25) is 0 Å². The lowest BCUT2D eigenvalue weighted by Gasteiger charge is -2.45. The van der Waals surface area contributed by atoms with E-state index in [0.29, 0.717) is 0 Å². The van der Waals surface area contributed by atoms with E-state index in [9.17, 15) is 0 Å². The Kier molecular flexibility index (Phi) is 5.16. The predicted molar refractivity (Wildman–Crippen MR) is 81.2 cm³/mol. The van der Waals surface area contributed by atoms with Crippen LogP contribution in [0.4, 0.5) is 0 Å². The summed E-state index contributed by atoms with van der Waals surface area (Å²) in [5.41, 5.74) is 6.29. The largest absolute Gasteiger partial charge is 0.329 e. The van der Waals surface area contributed by atoms with Gasteiger partial charge in [0.25, 0.3) is 0 Å². The summed E-state index contributed by atoms with van der Waals surface area (Å²) in [5.74, 6) is 1.93. The Morgan fingerprint density at radius 2 is 2.10 bits per heavy atom. The summed E-state index contributed by atoms with van der Waals surface area (Å²) >= 11 is 0. The number of aryl methyl sites for hydroxylation is 1. The zero-order valence-electron chi connectivity index (χ0n) is 13.2. The van der Waals surface area contributed by atoms with E-state index in [1.807, 2.05) is 4.68 Å². The highest BCUT2D eigenvalue weighted by molar-refractivity contribution is 4.97. The summed E-state index contributed by atoms with van der Waals surface area (Å²) in [4.78, 5) is 6.80. The molecule has 0 aromatic carbocycles. The van der Waals surface area contributed by atoms with Crippen molar-refractivity contribution in [3.63, 3.8) is 0 Å². The number of hydrogen-bond donors (Lipinski definition) is 1. The van der Waals surface area contributed by atoms with Crippen molar-refractivity contribution in [1.82, 2.24) is 19.7 Å². The first-order chi connectivity index (χ1) is 9.65. The molecule has 2 rings (SSSR count). The smallest absolute Gasteiger partial charge is 0.141 e. The number of nitrogens with zero attached hydrogens (tertiary/aromatic N) is 4. The Bertz CT molecular complexity index is 406. The maximum absolute atomic E-state index is 6.14. The Hall–Kier alpha value is -0.940. The minimum atomic E-state index is 0.149. The standard InChI is InChI=1S/C15H29N5/c1-4-13-6-8-15(11-16,9-7-13)19(3)10-14-17-12-18-20(14)5-2/h12-13H,4-11,16H2,1-3H3. The molecule has 1 aromatic rings. The third-order valence-electron chi connectivity index (χ3n) is 5.18. The molecule has 0 radical (unpaired) electrons. The molecule has 1 saturated carbocycles. The molecule has 0 amide bonds. The van der Waals surface area contributed by atoms with Crippen LogP contribution in [0.25, 0.3) is 0 Å². The van der Waals surface area contributed by atoms with Crippen LogP contribution in [0.3, 0.4) is 0 Å². The second kappa shape index (κ2) is 6.68. The molecule has 5 nitrogen and oxygen atoms in total. The molecule has 20 heavy (non-hydrogen) atoms. The van der Waals surface area contributed by atoms with Gasteiger partial charge in [-0.05, 0) is 45.6 Å². The molecular weight excluding hydrogens is 250 g/mol. The average molecular weight is 279 g/mol. The van der Waals surface area contributed by atoms with Crippen LogP contribution in [-0.2, 0) is 13.1 Å². The highest BCUT2D eigenvalue weighted by atomic mass is 15.3. The van der Waals surface area contributed by atoms with Crippen LogP contribution >= 0.6 is 0 Å². The Balaban J connectivity index is 2.04. The minimum Gasteiger partial charge on any atom is -0.329 e. The van der Waals surface area contributed by atoms with Gasteiger partial charge in [-0.2, -0.15) is 5.10 Å². The van der Waals surface area contributed by atoms with Gasteiger partial charge >= 0.3 is 0 Å². The van der Waals surface area contributed by atoms with Crippen molar-refractivity contribution in [2.24, 2.45) is 11.7 Å². The summed E-state index contributed by atoms with van der Waals surface area (Å²) in [5, 5.41) is 4.25. The van der Waals surface area contributed by atoms with Gasteiger partial charge in [0.05, 0.1) is 6.54 Å². The minimum absolute atomic E-state index is 0.149.